The Bertz CT molecular complexity index is 414. The molecule has 2 aromatic heterocycles. The maximum absolute atomic E-state index is 4.13. The molecule has 0 atom stereocenters. The molecule has 0 fully saturated rings. The Balaban J connectivity index is 1.83. The summed E-state index contributed by atoms with van der Waals surface area (Å²) in [5.74, 6) is 1.78. The molecule has 0 saturated heterocycles. The zero-order chi connectivity index (χ0) is 10.5. The van der Waals surface area contributed by atoms with Crippen LogP contribution in [0, 0.1) is 0 Å². The molecule has 0 amide bonds. The molecule has 5 nitrogen and oxygen atoms in total. The first kappa shape index (κ1) is 10.1. The van der Waals surface area contributed by atoms with Crippen molar-refractivity contribution in [2.75, 3.05) is 11.9 Å². The van der Waals surface area contributed by atoms with Gasteiger partial charge in [0.2, 0.25) is 0 Å². The summed E-state index contributed by atoms with van der Waals surface area (Å²) < 4.78 is 0.776. The lowest BCUT2D eigenvalue weighted by molar-refractivity contribution is 0.919. The Morgan fingerprint density at radius 1 is 1.33 bits per heavy atom. The van der Waals surface area contributed by atoms with Crippen LogP contribution in [0.25, 0.3) is 0 Å². The van der Waals surface area contributed by atoms with Crippen molar-refractivity contribution in [2.45, 2.75) is 6.42 Å². The van der Waals surface area contributed by atoms with Gasteiger partial charge in [0.25, 0.3) is 0 Å². The molecule has 2 heterocycles. The number of anilines is 1. The zero-order valence-corrected chi connectivity index (χ0v) is 9.53. The van der Waals surface area contributed by atoms with Crippen molar-refractivity contribution in [1.29, 1.82) is 0 Å². The standard InChI is InChI=1S/C9H10BrN5/c10-7-5-9(15-6-14-7)11-2-1-8-12-3-4-13-8/h3-6H,1-2H2,(H,12,13)(H,11,14,15). The minimum absolute atomic E-state index is 0.776. The number of rotatable bonds is 4. The van der Waals surface area contributed by atoms with Crippen LogP contribution in [0.4, 0.5) is 5.82 Å². The number of halogens is 1. The fourth-order valence-electron chi connectivity index (χ4n) is 1.17. The zero-order valence-electron chi connectivity index (χ0n) is 7.94. The van der Waals surface area contributed by atoms with Crippen molar-refractivity contribution >= 4 is 21.7 Å². The average Bonchev–Trinajstić information content (AvgIpc) is 2.71. The van der Waals surface area contributed by atoms with Crippen LogP contribution in [0.5, 0.6) is 0 Å². The van der Waals surface area contributed by atoms with Gasteiger partial charge in [-0.3, -0.25) is 0 Å². The lowest BCUT2D eigenvalue weighted by atomic mass is 10.4. The lowest BCUT2D eigenvalue weighted by Gasteiger charge is -2.03. The molecule has 0 aliphatic rings. The molecule has 0 unspecified atom stereocenters. The minimum Gasteiger partial charge on any atom is -0.369 e. The molecule has 0 aliphatic carbocycles. The molecule has 0 radical (unpaired) electrons. The summed E-state index contributed by atoms with van der Waals surface area (Å²) in [6.07, 6.45) is 5.92. The number of H-pyrrole nitrogens is 1. The second-order valence-electron chi connectivity index (χ2n) is 2.94. The van der Waals surface area contributed by atoms with E-state index in [-0.39, 0.29) is 0 Å². The van der Waals surface area contributed by atoms with E-state index >= 15 is 0 Å². The number of aromatic nitrogens is 4. The first-order chi connectivity index (χ1) is 7.34. The average molecular weight is 268 g/mol. The molecule has 2 N–H and O–H groups in total. The molecule has 0 aliphatic heterocycles. The van der Waals surface area contributed by atoms with Crippen LogP contribution in [0.2, 0.25) is 0 Å². The van der Waals surface area contributed by atoms with Crippen LogP contribution in [0.3, 0.4) is 0 Å². The number of hydrogen-bond donors (Lipinski definition) is 2. The highest BCUT2D eigenvalue weighted by Gasteiger charge is 1.97. The number of imidazole rings is 1. The first-order valence-corrected chi connectivity index (χ1v) is 5.33. The van der Waals surface area contributed by atoms with Crippen LogP contribution in [0.15, 0.2) is 29.4 Å². The van der Waals surface area contributed by atoms with E-state index in [4.69, 9.17) is 0 Å². The highest BCUT2D eigenvalue weighted by molar-refractivity contribution is 9.10. The van der Waals surface area contributed by atoms with Crippen molar-refractivity contribution in [3.05, 3.63) is 35.2 Å². The van der Waals surface area contributed by atoms with Gasteiger partial charge in [0.15, 0.2) is 0 Å². The summed E-state index contributed by atoms with van der Waals surface area (Å²) in [6.45, 7) is 0.789. The summed E-state index contributed by atoms with van der Waals surface area (Å²) in [5.41, 5.74) is 0. The molecule has 0 aromatic carbocycles. The molecule has 0 bridgehead atoms. The van der Waals surface area contributed by atoms with Crippen molar-refractivity contribution < 1.29 is 0 Å². The first-order valence-electron chi connectivity index (χ1n) is 4.54. The van der Waals surface area contributed by atoms with E-state index in [2.05, 4.69) is 41.2 Å². The van der Waals surface area contributed by atoms with Gasteiger partial charge in [-0.05, 0) is 15.9 Å². The Kier molecular flexibility index (Phi) is 3.29. The van der Waals surface area contributed by atoms with Crippen LogP contribution in [-0.2, 0) is 6.42 Å². The third-order valence-corrected chi connectivity index (χ3v) is 2.29. The summed E-state index contributed by atoms with van der Waals surface area (Å²) in [6, 6.07) is 1.84. The SMILES string of the molecule is Brc1cc(NCCc2ncc[nH]2)ncn1. The number of hydrogen-bond acceptors (Lipinski definition) is 4. The summed E-state index contributed by atoms with van der Waals surface area (Å²) >= 11 is 3.28. The summed E-state index contributed by atoms with van der Waals surface area (Å²) in [4.78, 5) is 15.2. The van der Waals surface area contributed by atoms with Gasteiger partial charge >= 0.3 is 0 Å². The summed E-state index contributed by atoms with van der Waals surface area (Å²) in [7, 11) is 0. The number of nitrogens with one attached hydrogen (secondary N) is 2. The van der Waals surface area contributed by atoms with Crippen molar-refractivity contribution in [2.24, 2.45) is 0 Å². The van der Waals surface area contributed by atoms with Gasteiger partial charge in [0, 0.05) is 31.4 Å². The van der Waals surface area contributed by atoms with Gasteiger partial charge in [-0.2, -0.15) is 0 Å². The van der Waals surface area contributed by atoms with Crippen LogP contribution in [0.1, 0.15) is 5.82 Å². The second kappa shape index (κ2) is 4.88. The van der Waals surface area contributed by atoms with E-state index in [1.165, 1.54) is 6.33 Å². The maximum atomic E-state index is 4.13. The van der Waals surface area contributed by atoms with Gasteiger partial charge in [-0.1, -0.05) is 0 Å². The van der Waals surface area contributed by atoms with E-state index in [1.54, 1.807) is 6.20 Å². The fraction of sp³-hybridized carbons (Fsp3) is 0.222. The van der Waals surface area contributed by atoms with Crippen molar-refractivity contribution in [3.63, 3.8) is 0 Å². The number of aromatic amines is 1. The van der Waals surface area contributed by atoms with Gasteiger partial charge in [0.1, 0.15) is 22.6 Å². The van der Waals surface area contributed by atoms with E-state index in [0.29, 0.717) is 0 Å². The van der Waals surface area contributed by atoms with E-state index in [0.717, 1.165) is 29.2 Å². The Morgan fingerprint density at radius 2 is 2.27 bits per heavy atom. The van der Waals surface area contributed by atoms with Crippen molar-refractivity contribution in [3.8, 4) is 0 Å². The Hall–Kier alpha value is -1.43. The predicted molar refractivity (Wildman–Crippen MR) is 60.5 cm³/mol. The Labute approximate surface area is 95.5 Å². The molecule has 78 valence electrons. The second-order valence-corrected chi connectivity index (χ2v) is 3.75. The third kappa shape index (κ3) is 3.02. The molecule has 2 rings (SSSR count). The van der Waals surface area contributed by atoms with Gasteiger partial charge in [-0.25, -0.2) is 15.0 Å². The van der Waals surface area contributed by atoms with Gasteiger partial charge < -0.3 is 10.3 Å². The van der Waals surface area contributed by atoms with Crippen molar-refractivity contribution in [1.82, 2.24) is 19.9 Å². The highest BCUT2D eigenvalue weighted by Crippen LogP contribution is 2.09. The van der Waals surface area contributed by atoms with E-state index in [9.17, 15) is 0 Å². The molecule has 6 heteroatoms. The minimum atomic E-state index is 0.776. The van der Waals surface area contributed by atoms with E-state index < -0.39 is 0 Å². The smallest absolute Gasteiger partial charge is 0.130 e. The lowest BCUT2D eigenvalue weighted by Crippen LogP contribution is -2.07. The molecular formula is C9H10BrN5. The fourth-order valence-corrected chi connectivity index (χ4v) is 1.48. The molecule has 2 aromatic rings. The monoisotopic (exact) mass is 267 g/mol. The normalized spacial score (nSPS) is 10.2. The molecule has 15 heavy (non-hydrogen) atoms. The number of nitrogens with zero attached hydrogens (tertiary/aromatic N) is 3. The highest BCUT2D eigenvalue weighted by atomic mass is 79.9. The van der Waals surface area contributed by atoms with Crippen LogP contribution >= 0.6 is 15.9 Å². The van der Waals surface area contributed by atoms with Gasteiger partial charge in [-0.15, -0.1) is 0 Å². The van der Waals surface area contributed by atoms with Crippen LogP contribution < -0.4 is 5.32 Å². The maximum Gasteiger partial charge on any atom is 0.130 e. The van der Waals surface area contributed by atoms with Gasteiger partial charge in [0.05, 0.1) is 0 Å². The topological polar surface area (TPSA) is 66.5 Å². The largest absolute Gasteiger partial charge is 0.369 e. The molecular weight excluding hydrogens is 258 g/mol. The Morgan fingerprint density at radius 3 is 3.00 bits per heavy atom. The predicted octanol–water partition coefficient (Wildman–Crippen LogP) is 1.62. The molecule has 0 spiro atoms. The van der Waals surface area contributed by atoms with E-state index in [1.807, 2.05) is 12.3 Å². The summed E-state index contributed by atoms with van der Waals surface area (Å²) in [5, 5.41) is 3.18. The third-order valence-electron chi connectivity index (χ3n) is 1.86. The quantitative estimate of drug-likeness (QED) is 0.827. The van der Waals surface area contributed by atoms with Crippen LogP contribution in [-0.4, -0.2) is 26.5 Å². The molecule has 0 saturated carbocycles.